The highest BCUT2D eigenvalue weighted by Crippen LogP contribution is 2.40. The smallest absolute Gasteiger partial charge is 0.232 e. The minimum Gasteiger partial charge on any atom is -0.493 e. The van der Waals surface area contributed by atoms with Gasteiger partial charge >= 0.3 is 0 Å². The topological polar surface area (TPSA) is 111 Å². The second-order valence-corrected chi connectivity index (χ2v) is 6.67. The molecule has 162 valence electrons. The van der Waals surface area contributed by atoms with E-state index in [0.717, 1.165) is 32.1 Å². The second kappa shape index (κ2) is 9.28. The van der Waals surface area contributed by atoms with Crippen LogP contribution in [0.25, 0.3) is 0 Å². The highest BCUT2D eigenvalue weighted by Gasteiger charge is 2.21. The van der Waals surface area contributed by atoms with Crippen molar-refractivity contribution in [3.8, 4) is 17.2 Å². The van der Waals surface area contributed by atoms with Gasteiger partial charge in [-0.1, -0.05) is 0 Å². The average molecular weight is 424 g/mol. The molecule has 1 fully saturated rings. The molecule has 0 unspecified atom stereocenters. The molecule has 1 saturated heterocycles. The van der Waals surface area contributed by atoms with Crippen LogP contribution in [-0.2, 0) is 0 Å². The number of benzene rings is 1. The number of ether oxygens (including phenoxy) is 3. The maximum atomic E-state index is 5.40. The van der Waals surface area contributed by atoms with Crippen molar-refractivity contribution in [3.63, 3.8) is 0 Å². The van der Waals surface area contributed by atoms with Gasteiger partial charge in [0, 0.05) is 56.4 Å². The van der Waals surface area contributed by atoms with Gasteiger partial charge in [0.25, 0.3) is 0 Å². The molecule has 0 saturated carbocycles. The van der Waals surface area contributed by atoms with Gasteiger partial charge in [-0.3, -0.25) is 0 Å². The Morgan fingerprint density at radius 3 is 1.97 bits per heavy atom. The summed E-state index contributed by atoms with van der Waals surface area (Å²) in [6.45, 7) is 3.08. The molecule has 0 bridgehead atoms. The van der Waals surface area contributed by atoms with Crippen LogP contribution in [0, 0.1) is 0 Å². The van der Waals surface area contributed by atoms with Gasteiger partial charge in [0.05, 0.1) is 21.3 Å². The lowest BCUT2D eigenvalue weighted by atomic mass is 10.2. The van der Waals surface area contributed by atoms with E-state index in [1.54, 1.807) is 45.9 Å². The Balaban J connectivity index is 1.47. The fourth-order valence-corrected chi connectivity index (χ4v) is 3.34. The number of aromatic nitrogens is 5. The third-order valence-corrected chi connectivity index (χ3v) is 4.88. The van der Waals surface area contributed by atoms with Crippen LogP contribution < -0.4 is 29.3 Å². The number of methoxy groups -OCH3 is 3. The predicted molar refractivity (Wildman–Crippen MR) is 116 cm³/mol. The van der Waals surface area contributed by atoms with Gasteiger partial charge in [-0.25, -0.2) is 19.9 Å². The fourth-order valence-electron chi connectivity index (χ4n) is 3.34. The zero-order chi connectivity index (χ0) is 21.6. The van der Waals surface area contributed by atoms with E-state index < -0.39 is 0 Å². The Morgan fingerprint density at radius 1 is 0.774 bits per heavy atom. The number of anilines is 4. The van der Waals surface area contributed by atoms with Crippen LogP contribution in [0.1, 0.15) is 0 Å². The van der Waals surface area contributed by atoms with Crippen LogP contribution in [0.15, 0.2) is 36.9 Å². The van der Waals surface area contributed by atoms with Gasteiger partial charge in [0.1, 0.15) is 6.33 Å². The molecule has 11 nitrogen and oxygen atoms in total. The van der Waals surface area contributed by atoms with E-state index in [1.165, 1.54) is 6.33 Å². The van der Waals surface area contributed by atoms with Crippen molar-refractivity contribution >= 4 is 23.5 Å². The summed E-state index contributed by atoms with van der Waals surface area (Å²) < 4.78 is 16.2. The van der Waals surface area contributed by atoms with Gasteiger partial charge in [-0.05, 0) is 6.07 Å². The van der Waals surface area contributed by atoms with E-state index >= 15 is 0 Å². The molecule has 3 heterocycles. The normalized spacial score (nSPS) is 13.6. The zero-order valence-corrected chi connectivity index (χ0v) is 17.6. The summed E-state index contributed by atoms with van der Waals surface area (Å²) >= 11 is 0. The van der Waals surface area contributed by atoms with E-state index in [0.29, 0.717) is 34.8 Å². The van der Waals surface area contributed by atoms with Crippen LogP contribution in [0.2, 0.25) is 0 Å². The number of nitrogens with zero attached hydrogens (tertiary/aromatic N) is 7. The summed E-state index contributed by atoms with van der Waals surface area (Å²) in [4.78, 5) is 26.1. The summed E-state index contributed by atoms with van der Waals surface area (Å²) in [5.74, 6) is 3.37. The summed E-state index contributed by atoms with van der Waals surface area (Å²) in [5.41, 5.74) is 0.706. The van der Waals surface area contributed by atoms with Gasteiger partial charge in [-0.15, -0.1) is 0 Å². The van der Waals surface area contributed by atoms with Crippen molar-refractivity contribution in [2.24, 2.45) is 0 Å². The van der Waals surface area contributed by atoms with Crippen LogP contribution in [-0.4, -0.2) is 72.4 Å². The molecule has 0 aliphatic carbocycles. The highest BCUT2D eigenvalue weighted by molar-refractivity contribution is 5.65. The van der Waals surface area contributed by atoms with Crippen LogP contribution in [0.5, 0.6) is 17.2 Å². The minimum atomic E-state index is 0.424. The molecule has 3 aromatic rings. The molecule has 2 aromatic heterocycles. The number of piperazine rings is 1. The molecule has 1 aliphatic rings. The standard InChI is InChI=1S/C20H24N8O3/c1-29-15-11-14(12-16(30-2)17(15)31-3)25-18-23-13-24-20(26-18)28-9-7-27(8-10-28)19-21-5-4-6-22-19/h4-6,11-13H,7-10H2,1-3H3,(H,23,24,25,26). The van der Waals surface area contributed by atoms with Crippen LogP contribution >= 0.6 is 0 Å². The van der Waals surface area contributed by atoms with E-state index in [-0.39, 0.29) is 0 Å². The Kier molecular flexibility index (Phi) is 6.11. The molecule has 11 heteroatoms. The zero-order valence-electron chi connectivity index (χ0n) is 17.6. The summed E-state index contributed by atoms with van der Waals surface area (Å²) in [5, 5.41) is 3.18. The summed E-state index contributed by atoms with van der Waals surface area (Å²) in [6, 6.07) is 5.40. The lowest BCUT2D eigenvalue weighted by Crippen LogP contribution is -2.47. The monoisotopic (exact) mass is 424 g/mol. The van der Waals surface area contributed by atoms with Gasteiger partial charge < -0.3 is 29.3 Å². The van der Waals surface area contributed by atoms with Crippen molar-refractivity contribution in [2.45, 2.75) is 0 Å². The molecule has 31 heavy (non-hydrogen) atoms. The second-order valence-electron chi connectivity index (χ2n) is 6.67. The van der Waals surface area contributed by atoms with Crippen molar-refractivity contribution < 1.29 is 14.2 Å². The summed E-state index contributed by atoms with van der Waals surface area (Å²) in [6.07, 6.45) is 5.00. The lowest BCUT2D eigenvalue weighted by molar-refractivity contribution is 0.324. The molecular weight excluding hydrogens is 400 g/mol. The van der Waals surface area contributed by atoms with Crippen molar-refractivity contribution in [2.75, 3.05) is 62.6 Å². The first-order valence-corrected chi connectivity index (χ1v) is 9.75. The fraction of sp³-hybridized carbons (Fsp3) is 0.350. The number of hydrogen-bond donors (Lipinski definition) is 1. The Hall–Kier alpha value is -3.89. The maximum Gasteiger partial charge on any atom is 0.232 e. The third-order valence-electron chi connectivity index (χ3n) is 4.88. The van der Waals surface area contributed by atoms with Crippen molar-refractivity contribution in [1.29, 1.82) is 0 Å². The van der Waals surface area contributed by atoms with Crippen LogP contribution in [0.3, 0.4) is 0 Å². The highest BCUT2D eigenvalue weighted by atomic mass is 16.5. The third kappa shape index (κ3) is 4.49. The number of rotatable bonds is 7. The van der Waals surface area contributed by atoms with Crippen molar-refractivity contribution in [1.82, 2.24) is 24.9 Å². The molecular formula is C20H24N8O3. The Bertz CT molecular complexity index is 987. The Labute approximate surface area is 180 Å². The molecule has 4 rings (SSSR count). The average Bonchev–Trinajstić information content (AvgIpc) is 2.84. The van der Waals surface area contributed by atoms with E-state index in [4.69, 9.17) is 14.2 Å². The quantitative estimate of drug-likeness (QED) is 0.599. The number of nitrogens with one attached hydrogen (secondary N) is 1. The number of hydrogen-bond acceptors (Lipinski definition) is 11. The van der Waals surface area contributed by atoms with E-state index in [9.17, 15) is 0 Å². The molecule has 1 aliphatic heterocycles. The van der Waals surface area contributed by atoms with Crippen molar-refractivity contribution in [3.05, 3.63) is 36.9 Å². The first-order valence-electron chi connectivity index (χ1n) is 9.75. The van der Waals surface area contributed by atoms with Gasteiger partial charge in [0.15, 0.2) is 11.5 Å². The lowest BCUT2D eigenvalue weighted by Gasteiger charge is -2.34. The van der Waals surface area contributed by atoms with Crippen LogP contribution in [0.4, 0.5) is 23.5 Å². The molecule has 0 radical (unpaired) electrons. The molecule has 0 amide bonds. The van der Waals surface area contributed by atoms with Gasteiger partial charge in [0.2, 0.25) is 23.6 Å². The molecule has 1 aromatic carbocycles. The minimum absolute atomic E-state index is 0.424. The molecule has 0 spiro atoms. The molecule has 1 N–H and O–H groups in total. The maximum absolute atomic E-state index is 5.40. The summed E-state index contributed by atoms with van der Waals surface area (Å²) in [7, 11) is 4.71. The molecule has 0 atom stereocenters. The first-order chi connectivity index (χ1) is 15.2. The SMILES string of the molecule is COc1cc(Nc2ncnc(N3CCN(c4ncccn4)CC3)n2)cc(OC)c1OC. The Morgan fingerprint density at radius 2 is 1.39 bits per heavy atom. The van der Waals surface area contributed by atoms with Gasteiger partial charge in [-0.2, -0.15) is 4.98 Å². The largest absolute Gasteiger partial charge is 0.493 e. The van der Waals surface area contributed by atoms with E-state index in [2.05, 4.69) is 40.0 Å². The van der Waals surface area contributed by atoms with E-state index in [1.807, 2.05) is 6.07 Å². The first kappa shape index (κ1) is 20.4. The predicted octanol–water partition coefficient (Wildman–Crippen LogP) is 1.76.